The number of alkyl halides is 17. The molecule has 0 bridgehead atoms. The Hall–Kier alpha value is -1.36. The van der Waals surface area contributed by atoms with Crippen molar-refractivity contribution in [1.29, 1.82) is 0 Å². The van der Waals surface area contributed by atoms with Crippen LogP contribution in [-0.2, 0) is 19.6 Å². The van der Waals surface area contributed by atoms with Gasteiger partial charge in [-0.05, 0) is 0 Å². The third-order valence-corrected chi connectivity index (χ3v) is 8.66. The van der Waals surface area contributed by atoms with Crippen LogP contribution in [0.2, 0.25) is 0 Å². The van der Waals surface area contributed by atoms with Crippen LogP contribution in [0.3, 0.4) is 0 Å². The van der Waals surface area contributed by atoms with E-state index in [4.69, 9.17) is 4.55 Å². The standard InChI is InChI=1S/C23H31F17O5S/c1-11(2,3)15(24,25)17(28,29)13(7,8)14(9,10)18(30,16(26,27)12(4,5)6)44-21(35,36)19(31,20(32,33)34)45-22(37,38)23(39,40)46(41,42)43/h1-10H3,(H,41,42,43). The fourth-order valence-electron chi connectivity index (χ4n) is 3.64. The Morgan fingerprint density at radius 3 is 1.00 bits per heavy atom. The van der Waals surface area contributed by atoms with E-state index in [0.29, 0.717) is 20.8 Å². The Balaban J connectivity index is 8.06. The minimum Gasteiger partial charge on any atom is -0.281 e. The first kappa shape index (κ1) is 44.6. The van der Waals surface area contributed by atoms with Crippen molar-refractivity contribution in [3.05, 3.63) is 0 Å². The van der Waals surface area contributed by atoms with E-state index in [0.717, 1.165) is 0 Å². The minimum absolute atomic E-state index is 0.162. The number of halogens is 17. The molecule has 0 heterocycles. The summed E-state index contributed by atoms with van der Waals surface area (Å²) in [4.78, 5) is 0. The summed E-state index contributed by atoms with van der Waals surface area (Å²) < 4.78 is 284. The lowest BCUT2D eigenvalue weighted by Crippen LogP contribution is -2.74. The summed E-state index contributed by atoms with van der Waals surface area (Å²) in [5, 5.41) is -7.41. The number of hydrogen-bond donors (Lipinski definition) is 1. The molecule has 0 aromatic rings. The van der Waals surface area contributed by atoms with E-state index in [1.54, 1.807) is 4.74 Å². The Morgan fingerprint density at radius 2 is 0.739 bits per heavy atom. The van der Waals surface area contributed by atoms with Gasteiger partial charge in [0.25, 0.3) is 5.85 Å². The number of hydrogen-bond acceptors (Lipinski definition) is 4. The van der Waals surface area contributed by atoms with Crippen molar-refractivity contribution in [2.75, 3.05) is 0 Å². The number of rotatable bonds is 12. The molecule has 0 radical (unpaired) electrons. The maximum Gasteiger partial charge on any atom is 0.460 e. The van der Waals surface area contributed by atoms with Crippen LogP contribution in [0.4, 0.5) is 74.6 Å². The van der Waals surface area contributed by atoms with Crippen molar-refractivity contribution < 1.29 is 97.1 Å². The highest BCUT2D eigenvalue weighted by Crippen LogP contribution is 2.69. The molecule has 278 valence electrons. The molecular weight excluding hydrogens is 711 g/mol. The Labute approximate surface area is 251 Å². The molecule has 1 N–H and O–H groups in total. The van der Waals surface area contributed by atoms with Gasteiger partial charge < -0.3 is 0 Å². The summed E-state index contributed by atoms with van der Waals surface area (Å²) in [5.41, 5.74) is -14.8. The third-order valence-electron chi connectivity index (χ3n) is 7.77. The molecule has 0 aliphatic carbocycles. The normalized spacial score (nSPS) is 19.1. The van der Waals surface area contributed by atoms with Crippen LogP contribution in [0.25, 0.3) is 0 Å². The Kier molecular flexibility index (Phi) is 10.7. The zero-order valence-corrected chi connectivity index (χ0v) is 26.2. The van der Waals surface area contributed by atoms with E-state index in [2.05, 4.69) is 4.74 Å². The van der Waals surface area contributed by atoms with E-state index in [9.17, 15) is 43.5 Å². The molecule has 23 heteroatoms. The van der Waals surface area contributed by atoms with Gasteiger partial charge in [0.05, 0.1) is 0 Å². The molecule has 0 spiro atoms. The van der Waals surface area contributed by atoms with Crippen LogP contribution in [0.5, 0.6) is 0 Å². The van der Waals surface area contributed by atoms with E-state index in [1.807, 2.05) is 0 Å². The third kappa shape index (κ3) is 6.15. The predicted molar refractivity (Wildman–Crippen MR) is 124 cm³/mol. The first-order chi connectivity index (χ1) is 19.2. The average Bonchev–Trinajstić information content (AvgIpc) is 2.74. The summed E-state index contributed by atoms with van der Waals surface area (Å²) in [6.45, 7) is 1.02. The monoisotopic (exact) mass is 742 g/mol. The number of ether oxygens (including phenoxy) is 2. The van der Waals surface area contributed by atoms with E-state index < -0.39 is 84.9 Å². The molecule has 2 unspecified atom stereocenters. The van der Waals surface area contributed by atoms with Crippen molar-refractivity contribution in [2.45, 2.75) is 122 Å². The average molecular weight is 743 g/mol. The molecule has 0 fully saturated rings. The second-order valence-corrected chi connectivity index (χ2v) is 14.9. The molecule has 5 nitrogen and oxygen atoms in total. The van der Waals surface area contributed by atoms with Gasteiger partial charge in [-0.3, -0.25) is 14.0 Å². The lowest BCUT2D eigenvalue weighted by molar-refractivity contribution is -0.547. The van der Waals surface area contributed by atoms with Crippen LogP contribution in [-0.4, -0.2) is 66.1 Å². The highest BCUT2D eigenvalue weighted by Gasteiger charge is 2.87. The van der Waals surface area contributed by atoms with Crippen molar-refractivity contribution in [1.82, 2.24) is 0 Å². The van der Waals surface area contributed by atoms with Gasteiger partial charge in [0.2, 0.25) is 0 Å². The van der Waals surface area contributed by atoms with Crippen LogP contribution in [0, 0.1) is 21.7 Å². The van der Waals surface area contributed by atoms with Gasteiger partial charge in [0.15, 0.2) is 0 Å². The molecular formula is C23H31F17O5S. The summed E-state index contributed by atoms with van der Waals surface area (Å²) >= 11 is 0. The molecule has 0 amide bonds. The fraction of sp³-hybridized carbons (Fsp3) is 1.00. The van der Waals surface area contributed by atoms with Gasteiger partial charge in [0.1, 0.15) is 0 Å². The van der Waals surface area contributed by atoms with Crippen molar-refractivity contribution in [3.8, 4) is 0 Å². The first-order valence-corrected chi connectivity index (χ1v) is 13.7. The molecule has 0 aromatic heterocycles. The van der Waals surface area contributed by atoms with Gasteiger partial charge in [-0.2, -0.15) is 78.7 Å². The van der Waals surface area contributed by atoms with Gasteiger partial charge in [0, 0.05) is 21.7 Å². The van der Waals surface area contributed by atoms with Crippen molar-refractivity contribution in [3.63, 3.8) is 0 Å². The molecule has 46 heavy (non-hydrogen) atoms. The lowest BCUT2D eigenvalue weighted by atomic mass is 9.55. The zero-order chi connectivity index (χ0) is 38.4. The highest BCUT2D eigenvalue weighted by molar-refractivity contribution is 7.86. The molecule has 2 atom stereocenters. The summed E-state index contributed by atoms with van der Waals surface area (Å²) in [6, 6.07) is 0. The maximum atomic E-state index is 16.7. The maximum absolute atomic E-state index is 16.7. The smallest absolute Gasteiger partial charge is 0.281 e. The first-order valence-electron chi connectivity index (χ1n) is 12.2. The summed E-state index contributed by atoms with van der Waals surface area (Å²) in [5.74, 6) is -31.5. The topological polar surface area (TPSA) is 72.8 Å². The quantitative estimate of drug-likeness (QED) is 0.159. The van der Waals surface area contributed by atoms with Crippen molar-refractivity contribution in [2.24, 2.45) is 21.7 Å². The fourth-order valence-corrected chi connectivity index (χ4v) is 3.98. The Morgan fingerprint density at radius 1 is 0.435 bits per heavy atom. The van der Waals surface area contributed by atoms with E-state index in [1.165, 1.54) is 0 Å². The summed E-state index contributed by atoms with van der Waals surface area (Å²) in [6.07, 6.45) is -23.4. The molecule has 0 saturated carbocycles. The van der Waals surface area contributed by atoms with E-state index in [-0.39, 0.29) is 48.5 Å². The Bertz CT molecular complexity index is 1230. The molecule has 0 aliphatic heterocycles. The zero-order valence-electron chi connectivity index (χ0n) is 25.4. The SMILES string of the molecule is CC(C)(C)C(F)(F)C(F)(F)C(C)(C)C(C)(C)C(F)(OC(F)(F)C(F)(OC(F)(F)C(F)(F)S(=O)(=O)O)C(F)(F)F)C(F)(F)C(C)(C)C. The molecule has 0 rings (SSSR count). The minimum atomic E-state index is -7.99. The van der Waals surface area contributed by atoms with Gasteiger partial charge in [-0.1, -0.05) is 69.2 Å². The predicted octanol–water partition coefficient (Wildman–Crippen LogP) is 9.63. The second kappa shape index (κ2) is 11.1. The van der Waals surface area contributed by atoms with Crippen LogP contribution in [0.15, 0.2) is 0 Å². The van der Waals surface area contributed by atoms with Gasteiger partial charge in [-0.25, -0.2) is 4.39 Å². The van der Waals surface area contributed by atoms with Gasteiger partial charge in [-0.15, -0.1) is 0 Å². The van der Waals surface area contributed by atoms with Crippen molar-refractivity contribution >= 4 is 10.1 Å². The van der Waals surface area contributed by atoms with Crippen LogP contribution in [0.1, 0.15) is 69.2 Å². The second-order valence-electron chi connectivity index (χ2n) is 13.4. The van der Waals surface area contributed by atoms with Crippen LogP contribution >= 0.6 is 0 Å². The molecule has 0 aliphatic rings. The largest absolute Gasteiger partial charge is 0.460 e. The lowest BCUT2D eigenvalue weighted by Gasteiger charge is -2.58. The molecule has 0 saturated heterocycles. The van der Waals surface area contributed by atoms with E-state index >= 15 is 39.5 Å². The van der Waals surface area contributed by atoms with Crippen LogP contribution < -0.4 is 0 Å². The summed E-state index contributed by atoms with van der Waals surface area (Å²) in [7, 11) is -7.66. The highest BCUT2D eigenvalue weighted by atomic mass is 32.2. The van der Waals surface area contributed by atoms with Gasteiger partial charge >= 0.3 is 57.4 Å². The molecule has 0 aromatic carbocycles.